The maximum absolute atomic E-state index is 13.4. The molecule has 0 bridgehead atoms. The van der Waals surface area contributed by atoms with Crippen LogP contribution in [0.4, 0.5) is 15.8 Å². The number of ether oxygens (including phenoxy) is 3. The first kappa shape index (κ1) is 24.6. The van der Waals surface area contributed by atoms with Crippen molar-refractivity contribution in [3.05, 3.63) is 78.1 Å². The number of amides is 2. The Hall–Kier alpha value is -4.05. The monoisotopic (exact) mass is 521 g/mol. The van der Waals surface area contributed by atoms with E-state index in [1.807, 2.05) is 19.1 Å². The van der Waals surface area contributed by atoms with Crippen LogP contribution in [0.3, 0.4) is 0 Å². The van der Waals surface area contributed by atoms with E-state index < -0.39 is 5.25 Å². The standard InChI is InChI=1S/C27H24FN3O5S/c1-2-34-21-10-8-19(9-11-21)29-26(33)24-14-25(32)31(15-17-3-12-22-23(13-17)36-16-35-22)27(37-24)30-20-6-4-18(28)5-7-20/h3-13,24H,2,14-16H2,1H3,(H,29,33)/t24-/m1/s1. The summed E-state index contributed by atoms with van der Waals surface area (Å²) in [4.78, 5) is 32.5. The van der Waals surface area contributed by atoms with Gasteiger partial charge in [0.2, 0.25) is 18.6 Å². The molecule has 37 heavy (non-hydrogen) atoms. The summed E-state index contributed by atoms with van der Waals surface area (Å²) in [5.74, 6) is 1.02. The number of halogens is 1. The molecule has 2 aliphatic rings. The van der Waals surface area contributed by atoms with Crippen LogP contribution >= 0.6 is 11.8 Å². The van der Waals surface area contributed by atoms with E-state index in [1.54, 1.807) is 30.3 Å². The number of aliphatic imine (C=N–C) groups is 1. The molecule has 8 nitrogen and oxygen atoms in total. The number of benzene rings is 3. The highest BCUT2D eigenvalue weighted by Gasteiger charge is 2.36. The van der Waals surface area contributed by atoms with Gasteiger partial charge in [-0.2, -0.15) is 0 Å². The molecule has 1 N–H and O–H groups in total. The largest absolute Gasteiger partial charge is 0.494 e. The van der Waals surface area contributed by atoms with Gasteiger partial charge in [0.05, 0.1) is 18.8 Å². The van der Waals surface area contributed by atoms with Crippen LogP contribution in [0, 0.1) is 5.82 Å². The first-order valence-corrected chi connectivity index (χ1v) is 12.6. The summed E-state index contributed by atoms with van der Waals surface area (Å²) >= 11 is 1.19. The van der Waals surface area contributed by atoms with Crippen LogP contribution in [0.5, 0.6) is 17.2 Å². The van der Waals surface area contributed by atoms with Gasteiger partial charge in [-0.25, -0.2) is 9.38 Å². The molecule has 5 rings (SSSR count). The molecule has 0 saturated carbocycles. The molecule has 0 unspecified atom stereocenters. The summed E-state index contributed by atoms with van der Waals surface area (Å²) in [5.41, 5.74) is 1.89. The summed E-state index contributed by atoms with van der Waals surface area (Å²) in [6.07, 6.45) is 0.000515. The summed E-state index contributed by atoms with van der Waals surface area (Å²) in [6, 6.07) is 18.1. The van der Waals surface area contributed by atoms with Crippen LogP contribution in [0.1, 0.15) is 18.9 Å². The highest BCUT2D eigenvalue weighted by molar-refractivity contribution is 8.15. The maximum Gasteiger partial charge on any atom is 0.238 e. The van der Waals surface area contributed by atoms with Gasteiger partial charge >= 0.3 is 0 Å². The van der Waals surface area contributed by atoms with Crippen molar-refractivity contribution in [2.24, 2.45) is 4.99 Å². The molecule has 3 aromatic carbocycles. The Morgan fingerprint density at radius 3 is 2.62 bits per heavy atom. The summed E-state index contributed by atoms with van der Waals surface area (Å²) in [5, 5.41) is 2.53. The second-order valence-electron chi connectivity index (χ2n) is 8.30. The number of nitrogens with one attached hydrogen (secondary N) is 1. The van der Waals surface area contributed by atoms with Crippen molar-refractivity contribution in [2.75, 3.05) is 18.7 Å². The van der Waals surface area contributed by atoms with E-state index in [0.717, 1.165) is 5.56 Å². The second kappa shape index (κ2) is 10.9. The molecule has 1 saturated heterocycles. The smallest absolute Gasteiger partial charge is 0.238 e. The highest BCUT2D eigenvalue weighted by Crippen LogP contribution is 2.35. The third-order valence-electron chi connectivity index (χ3n) is 5.69. The molecule has 2 aliphatic heterocycles. The lowest BCUT2D eigenvalue weighted by Crippen LogP contribution is -2.44. The summed E-state index contributed by atoms with van der Waals surface area (Å²) in [6.45, 7) is 2.83. The zero-order valence-electron chi connectivity index (χ0n) is 20.0. The van der Waals surface area contributed by atoms with E-state index in [0.29, 0.717) is 40.4 Å². The minimum atomic E-state index is -0.689. The zero-order chi connectivity index (χ0) is 25.8. The van der Waals surface area contributed by atoms with E-state index in [2.05, 4.69) is 10.3 Å². The van der Waals surface area contributed by atoms with Gasteiger partial charge in [-0.05, 0) is 73.2 Å². The molecule has 0 aliphatic carbocycles. The van der Waals surface area contributed by atoms with Crippen molar-refractivity contribution in [3.8, 4) is 17.2 Å². The van der Waals surface area contributed by atoms with Crippen molar-refractivity contribution in [2.45, 2.75) is 25.1 Å². The molecule has 2 heterocycles. The lowest BCUT2D eigenvalue weighted by atomic mass is 10.1. The molecule has 0 aromatic heterocycles. The molecule has 2 amide bonds. The van der Waals surface area contributed by atoms with E-state index in [-0.39, 0.29) is 37.4 Å². The van der Waals surface area contributed by atoms with Crippen molar-refractivity contribution >= 4 is 40.1 Å². The van der Waals surface area contributed by atoms with Gasteiger partial charge in [-0.3, -0.25) is 14.5 Å². The van der Waals surface area contributed by atoms with Gasteiger partial charge in [0.1, 0.15) is 16.8 Å². The average molecular weight is 522 g/mol. The first-order valence-electron chi connectivity index (χ1n) is 11.7. The molecule has 10 heteroatoms. The topological polar surface area (TPSA) is 89.5 Å². The number of fused-ring (bicyclic) bond motifs is 1. The Labute approximate surface area is 217 Å². The van der Waals surface area contributed by atoms with Crippen molar-refractivity contribution < 1.29 is 28.2 Å². The predicted octanol–water partition coefficient (Wildman–Crippen LogP) is 5.11. The fourth-order valence-electron chi connectivity index (χ4n) is 3.87. The molecule has 1 atom stereocenters. The quantitative estimate of drug-likeness (QED) is 0.465. The second-order valence-corrected chi connectivity index (χ2v) is 9.47. The minimum Gasteiger partial charge on any atom is -0.494 e. The number of rotatable bonds is 7. The van der Waals surface area contributed by atoms with Gasteiger partial charge in [0, 0.05) is 12.1 Å². The normalized spacial score (nSPS) is 17.7. The van der Waals surface area contributed by atoms with E-state index in [4.69, 9.17) is 14.2 Å². The zero-order valence-corrected chi connectivity index (χ0v) is 20.8. The fourth-order valence-corrected chi connectivity index (χ4v) is 4.97. The van der Waals surface area contributed by atoms with Crippen molar-refractivity contribution in [3.63, 3.8) is 0 Å². The summed E-state index contributed by atoms with van der Waals surface area (Å²) < 4.78 is 29.7. The van der Waals surface area contributed by atoms with E-state index >= 15 is 0 Å². The number of nitrogens with zero attached hydrogens (tertiary/aromatic N) is 2. The molecule has 0 radical (unpaired) electrons. The van der Waals surface area contributed by atoms with Gasteiger partial charge in [-0.15, -0.1) is 0 Å². The number of amidine groups is 1. The molecule has 190 valence electrons. The molecule has 0 spiro atoms. The van der Waals surface area contributed by atoms with Crippen LogP contribution in [0.2, 0.25) is 0 Å². The van der Waals surface area contributed by atoms with Gasteiger partial charge in [0.15, 0.2) is 16.7 Å². The Bertz CT molecular complexity index is 1330. The molecule has 1 fully saturated rings. The maximum atomic E-state index is 13.4. The van der Waals surface area contributed by atoms with E-state index in [9.17, 15) is 14.0 Å². The van der Waals surface area contributed by atoms with Crippen molar-refractivity contribution in [1.29, 1.82) is 0 Å². The lowest BCUT2D eigenvalue weighted by Gasteiger charge is -2.32. The number of hydrogen-bond donors (Lipinski definition) is 1. The Morgan fingerprint density at radius 1 is 1.11 bits per heavy atom. The van der Waals surface area contributed by atoms with Gasteiger partial charge < -0.3 is 19.5 Å². The molecular weight excluding hydrogens is 497 g/mol. The van der Waals surface area contributed by atoms with E-state index in [1.165, 1.54) is 40.9 Å². The first-order chi connectivity index (χ1) is 18.0. The minimum absolute atomic E-state index is 0.000515. The number of anilines is 1. The van der Waals surface area contributed by atoms with Crippen LogP contribution in [-0.4, -0.2) is 40.5 Å². The fraction of sp³-hybridized carbons (Fsp3) is 0.222. The Kier molecular flexibility index (Phi) is 7.27. The van der Waals surface area contributed by atoms with Crippen LogP contribution in [-0.2, 0) is 16.1 Å². The number of carbonyl (C=O) groups excluding carboxylic acids is 2. The van der Waals surface area contributed by atoms with Crippen LogP contribution in [0.15, 0.2) is 71.7 Å². The number of thioether (sulfide) groups is 1. The Morgan fingerprint density at radius 2 is 1.86 bits per heavy atom. The van der Waals surface area contributed by atoms with Gasteiger partial charge in [0.25, 0.3) is 0 Å². The SMILES string of the molecule is CCOc1ccc(NC(=O)[C@H]2CC(=O)N(Cc3ccc4c(c3)OCO4)C(=Nc3ccc(F)cc3)S2)cc1. The van der Waals surface area contributed by atoms with Crippen LogP contribution in [0.25, 0.3) is 0 Å². The Balaban J connectivity index is 1.37. The average Bonchev–Trinajstić information content (AvgIpc) is 3.36. The third-order valence-corrected chi connectivity index (χ3v) is 6.88. The number of hydrogen-bond acceptors (Lipinski definition) is 7. The highest BCUT2D eigenvalue weighted by atomic mass is 32.2. The predicted molar refractivity (Wildman–Crippen MR) is 139 cm³/mol. The van der Waals surface area contributed by atoms with Crippen molar-refractivity contribution in [1.82, 2.24) is 4.90 Å². The number of carbonyl (C=O) groups is 2. The molecule has 3 aromatic rings. The third kappa shape index (κ3) is 5.86. The molecular formula is C27H24FN3O5S. The van der Waals surface area contributed by atoms with Crippen LogP contribution < -0.4 is 19.5 Å². The summed E-state index contributed by atoms with van der Waals surface area (Å²) in [7, 11) is 0. The lowest BCUT2D eigenvalue weighted by molar-refractivity contribution is -0.129. The van der Waals surface area contributed by atoms with Gasteiger partial charge in [-0.1, -0.05) is 17.8 Å².